The highest BCUT2D eigenvalue weighted by molar-refractivity contribution is 5.85. The largest absolute Gasteiger partial charge is 0.346 e. The van der Waals surface area contributed by atoms with E-state index < -0.39 is 0 Å². The van der Waals surface area contributed by atoms with Crippen molar-refractivity contribution < 1.29 is 4.39 Å². The minimum Gasteiger partial charge on any atom is -0.346 e. The normalized spacial score (nSPS) is 11.6. The molecule has 0 amide bonds. The molecule has 1 aromatic heterocycles. The van der Waals surface area contributed by atoms with Crippen molar-refractivity contribution in [2.45, 2.75) is 33.4 Å². The predicted octanol–water partition coefficient (Wildman–Crippen LogP) is 3.12. The van der Waals surface area contributed by atoms with Crippen molar-refractivity contribution in [1.29, 1.82) is 0 Å². The maximum atomic E-state index is 13.2. The number of aryl methyl sites for hydroxylation is 2. The van der Waals surface area contributed by atoms with Crippen LogP contribution in [-0.4, -0.2) is 10.6 Å². The van der Waals surface area contributed by atoms with E-state index in [0.717, 1.165) is 17.4 Å². The summed E-state index contributed by atoms with van der Waals surface area (Å²) in [4.78, 5) is 0. The summed E-state index contributed by atoms with van der Waals surface area (Å²) in [5, 5.41) is 4.54. The summed E-state index contributed by atoms with van der Waals surface area (Å²) in [6.45, 7) is 7.16. The number of rotatable bonds is 3. The number of fused-ring (bicyclic) bond motifs is 1. The molecule has 0 saturated heterocycles. The minimum atomic E-state index is -0.179. The Hall–Kier alpha value is -1.35. The van der Waals surface area contributed by atoms with E-state index in [0.29, 0.717) is 6.04 Å². The van der Waals surface area contributed by atoms with Crippen LogP contribution in [0.4, 0.5) is 4.39 Å². The van der Waals surface area contributed by atoms with Gasteiger partial charge in [0.05, 0.1) is 5.52 Å². The van der Waals surface area contributed by atoms with E-state index in [-0.39, 0.29) is 5.82 Å². The first kappa shape index (κ1) is 12.1. The van der Waals surface area contributed by atoms with Gasteiger partial charge in [-0.05, 0) is 30.7 Å². The first-order valence-corrected chi connectivity index (χ1v) is 5.97. The van der Waals surface area contributed by atoms with Gasteiger partial charge in [0.25, 0.3) is 0 Å². The highest BCUT2D eigenvalue weighted by atomic mass is 19.1. The van der Waals surface area contributed by atoms with Gasteiger partial charge in [0.15, 0.2) is 0 Å². The summed E-state index contributed by atoms with van der Waals surface area (Å²) >= 11 is 0. The predicted molar refractivity (Wildman–Crippen MR) is 69.6 cm³/mol. The van der Waals surface area contributed by atoms with Crippen LogP contribution in [0.1, 0.15) is 25.1 Å². The summed E-state index contributed by atoms with van der Waals surface area (Å²) in [6.07, 6.45) is 0. The van der Waals surface area contributed by atoms with Gasteiger partial charge in [0, 0.05) is 30.7 Å². The van der Waals surface area contributed by atoms with Crippen molar-refractivity contribution in [3.8, 4) is 0 Å². The molecule has 17 heavy (non-hydrogen) atoms. The highest BCUT2D eigenvalue weighted by Crippen LogP contribution is 2.25. The molecular formula is C14H19FN2. The van der Waals surface area contributed by atoms with E-state index in [1.165, 1.54) is 17.3 Å². The number of nitrogens with one attached hydrogen (secondary N) is 1. The molecule has 1 aromatic carbocycles. The number of nitrogens with zero attached hydrogens (tertiary/aromatic N) is 1. The van der Waals surface area contributed by atoms with Crippen LogP contribution >= 0.6 is 0 Å². The van der Waals surface area contributed by atoms with Crippen LogP contribution in [-0.2, 0) is 13.6 Å². The van der Waals surface area contributed by atoms with Crippen molar-refractivity contribution in [3.05, 3.63) is 35.3 Å². The third-order valence-corrected chi connectivity index (χ3v) is 3.24. The fourth-order valence-corrected chi connectivity index (χ4v) is 2.20. The number of halogens is 1. The molecule has 0 radical (unpaired) electrons. The number of benzene rings is 1. The fourth-order valence-electron chi connectivity index (χ4n) is 2.20. The Bertz CT molecular complexity index is 541. The van der Waals surface area contributed by atoms with Gasteiger partial charge in [-0.25, -0.2) is 4.39 Å². The van der Waals surface area contributed by atoms with Gasteiger partial charge in [-0.1, -0.05) is 13.8 Å². The molecule has 3 heteroatoms. The molecule has 0 aliphatic heterocycles. The van der Waals surface area contributed by atoms with Crippen LogP contribution in [0.3, 0.4) is 0 Å². The zero-order chi connectivity index (χ0) is 12.6. The summed E-state index contributed by atoms with van der Waals surface area (Å²) < 4.78 is 15.3. The zero-order valence-corrected chi connectivity index (χ0v) is 10.8. The Morgan fingerprint density at radius 2 is 2.06 bits per heavy atom. The monoisotopic (exact) mass is 234 g/mol. The van der Waals surface area contributed by atoms with Gasteiger partial charge in [0.1, 0.15) is 5.82 Å². The molecule has 0 aliphatic carbocycles. The molecule has 2 nitrogen and oxygen atoms in total. The number of aromatic nitrogens is 1. The fraction of sp³-hybridized carbons (Fsp3) is 0.429. The maximum absolute atomic E-state index is 13.2. The second kappa shape index (κ2) is 4.49. The van der Waals surface area contributed by atoms with Crippen LogP contribution in [0.25, 0.3) is 10.9 Å². The molecule has 0 spiro atoms. The molecule has 92 valence electrons. The summed E-state index contributed by atoms with van der Waals surface area (Å²) in [5.41, 5.74) is 3.41. The van der Waals surface area contributed by atoms with Gasteiger partial charge in [0.2, 0.25) is 0 Å². The quantitative estimate of drug-likeness (QED) is 0.863. The summed E-state index contributed by atoms with van der Waals surface area (Å²) in [5.74, 6) is -0.179. The van der Waals surface area contributed by atoms with E-state index >= 15 is 0 Å². The Kier molecular flexibility index (Phi) is 3.20. The molecule has 0 aliphatic rings. The highest BCUT2D eigenvalue weighted by Gasteiger charge is 2.12. The van der Waals surface area contributed by atoms with E-state index in [9.17, 15) is 4.39 Å². The minimum absolute atomic E-state index is 0.179. The van der Waals surface area contributed by atoms with Crippen LogP contribution in [0.15, 0.2) is 18.2 Å². The number of hydrogen-bond acceptors (Lipinski definition) is 1. The standard InChI is InChI=1S/C14H19FN2/c1-9(2)16-8-14-10(3)12-6-5-11(15)7-13(12)17(14)4/h5-7,9,16H,8H2,1-4H3. The lowest BCUT2D eigenvalue weighted by Gasteiger charge is -2.10. The third kappa shape index (κ3) is 2.20. The van der Waals surface area contributed by atoms with Gasteiger partial charge in [-0.2, -0.15) is 0 Å². The van der Waals surface area contributed by atoms with E-state index in [4.69, 9.17) is 0 Å². The molecule has 1 N–H and O–H groups in total. The van der Waals surface area contributed by atoms with Gasteiger partial charge in [-0.3, -0.25) is 0 Å². The maximum Gasteiger partial charge on any atom is 0.125 e. The molecule has 0 unspecified atom stereocenters. The first-order valence-electron chi connectivity index (χ1n) is 5.97. The molecule has 0 fully saturated rings. The van der Waals surface area contributed by atoms with Gasteiger partial charge < -0.3 is 9.88 Å². The topological polar surface area (TPSA) is 17.0 Å². The lowest BCUT2D eigenvalue weighted by Crippen LogP contribution is -2.23. The molecule has 2 rings (SSSR count). The Morgan fingerprint density at radius 3 is 2.71 bits per heavy atom. The van der Waals surface area contributed by atoms with Crippen molar-refractivity contribution in [2.24, 2.45) is 7.05 Å². The van der Waals surface area contributed by atoms with Crippen LogP contribution in [0, 0.1) is 12.7 Å². The molecule has 0 atom stereocenters. The third-order valence-electron chi connectivity index (χ3n) is 3.24. The van der Waals surface area contributed by atoms with Crippen LogP contribution < -0.4 is 5.32 Å². The molecule has 1 heterocycles. The second-order valence-corrected chi connectivity index (χ2v) is 4.83. The van der Waals surface area contributed by atoms with Gasteiger partial charge in [-0.15, -0.1) is 0 Å². The Balaban J connectivity index is 2.49. The Labute approximate surface area is 101 Å². The first-order chi connectivity index (χ1) is 8.00. The van der Waals surface area contributed by atoms with Crippen molar-refractivity contribution in [2.75, 3.05) is 0 Å². The SMILES string of the molecule is Cc1c(CNC(C)C)n(C)c2cc(F)ccc12. The van der Waals surface area contributed by atoms with Crippen LogP contribution in [0.2, 0.25) is 0 Å². The van der Waals surface area contributed by atoms with E-state index in [2.05, 4.69) is 30.7 Å². The van der Waals surface area contributed by atoms with Crippen LogP contribution in [0.5, 0.6) is 0 Å². The zero-order valence-electron chi connectivity index (χ0n) is 10.8. The average molecular weight is 234 g/mol. The Morgan fingerprint density at radius 1 is 1.35 bits per heavy atom. The lowest BCUT2D eigenvalue weighted by molar-refractivity contribution is 0.570. The van der Waals surface area contributed by atoms with Crippen molar-refractivity contribution in [3.63, 3.8) is 0 Å². The molecular weight excluding hydrogens is 215 g/mol. The van der Waals surface area contributed by atoms with Crippen molar-refractivity contribution >= 4 is 10.9 Å². The summed E-state index contributed by atoms with van der Waals surface area (Å²) in [6, 6.07) is 5.43. The number of hydrogen-bond donors (Lipinski definition) is 1. The van der Waals surface area contributed by atoms with Crippen molar-refractivity contribution in [1.82, 2.24) is 9.88 Å². The summed E-state index contributed by atoms with van der Waals surface area (Å²) in [7, 11) is 1.99. The van der Waals surface area contributed by atoms with E-state index in [1.807, 2.05) is 13.1 Å². The molecule has 0 bridgehead atoms. The molecule has 0 saturated carbocycles. The van der Waals surface area contributed by atoms with E-state index in [1.54, 1.807) is 6.07 Å². The molecule has 2 aromatic rings. The smallest absolute Gasteiger partial charge is 0.125 e. The lowest BCUT2D eigenvalue weighted by atomic mass is 10.1. The van der Waals surface area contributed by atoms with Gasteiger partial charge >= 0.3 is 0 Å². The average Bonchev–Trinajstić information content (AvgIpc) is 2.49. The second-order valence-electron chi connectivity index (χ2n) is 4.83.